The summed E-state index contributed by atoms with van der Waals surface area (Å²) < 4.78 is 5.72. The van der Waals surface area contributed by atoms with Crippen molar-refractivity contribution >= 4 is 33.5 Å². The Kier molecular flexibility index (Phi) is 4.59. The first-order valence-corrected chi connectivity index (χ1v) is 9.60. The molecule has 0 aliphatic heterocycles. The second-order valence-corrected chi connectivity index (χ2v) is 7.50. The van der Waals surface area contributed by atoms with Crippen molar-refractivity contribution < 1.29 is 4.74 Å². The Bertz CT molecular complexity index is 992. The Morgan fingerprint density at radius 1 is 0.962 bits per heavy atom. The molecule has 8 heteroatoms. The second-order valence-electron chi connectivity index (χ2n) is 5.57. The molecular weight excluding hydrogens is 366 g/mol. The van der Waals surface area contributed by atoms with E-state index in [1.807, 2.05) is 61.7 Å². The van der Waals surface area contributed by atoms with E-state index in [1.54, 1.807) is 11.3 Å². The first kappa shape index (κ1) is 16.6. The quantitative estimate of drug-likeness (QED) is 0.512. The highest BCUT2D eigenvalue weighted by Gasteiger charge is 2.08. The third-order valence-electron chi connectivity index (χ3n) is 3.43. The molecule has 4 aromatic rings. The highest BCUT2D eigenvalue weighted by Crippen LogP contribution is 2.31. The summed E-state index contributed by atoms with van der Waals surface area (Å²) in [5.74, 6) is 0.678. The summed E-state index contributed by atoms with van der Waals surface area (Å²) in [6.45, 7) is 3.84. The molecule has 0 aliphatic carbocycles. The van der Waals surface area contributed by atoms with Crippen LogP contribution in [0.4, 0.5) is 10.8 Å². The number of nitrogens with zero attached hydrogens (tertiary/aromatic N) is 4. The number of aryl methyl sites for hydroxylation is 2. The molecule has 0 spiro atoms. The number of anilines is 2. The molecule has 3 heterocycles. The lowest BCUT2D eigenvalue weighted by Crippen LogP contribution is -1.96. The van der Waals surface area contributed by atoms with Crippen LogP contribution in [0.1, 0.15) is 11.4 Å². The Labute approximate surface area is 158 Å². The van der Waals surface area contributed by atoms with Crippen LogP contribution in [0.3, 0.4) is 0 Å². The second kappa shape index (κ2) is 7.19. The molecule has 3 aromatic heterocycles. The summed E-state index contributed by atoms with van der Waals surface area (Å²) in [7, 11) is 0. The van der Waals surface area contributed by atoms with E-state index in [1.165, 1.54) is 11.3 Å². The molecule has 0 bridgehead atoms. The number of aromatic nitrogens is 4. The number of benzene rings is 1. The average Bonchev–Trinajstić information content (AvgIpc) is 3.27. The van der Waals surface area contributed by atoms with Crippen LogP contribution < -0.4 is 10.1 Å². The maximum absolute atomic E-state index is 5.72. The lowest BCUT2D eigenvalue weighted by molar-refractivity contribution is 0.439. The molecule has 130 valence electrons. The Morgan fingerprint density at radius 2 is 1.73 bits per heavy atom. The van der Waals surface area contributed by atoms with Crippen molar-refractivity contribution in [3.8, 4) is 21.6 Å². The van der Waals surface area contributed by atoms with Gasteiger partial charge in [-0.15, -0.1) is 21.5 Å². The predicted octanol–water partition coefficient (Wildman–Crippen LogP) is 5.21. The normalized spacial score (nSPS) is 10.7. The van der Waals surface area contributed by atoms with Gasteiger partial charge in [0.25, 0.3) is 0 Å². The zero-order chi connectivity index (χ0) is 17.9. The third kappa shape index (κ3) is 3.87. The summed E-state index contributed by atoms with van der Waals surface area (Å²) in [6.07, 6.45) is 0. The smallest absolute Gasteiger partial charge is 0.322 e. The van der Waals surface area contributed by atoms with Crippen LogP contribution in [-0.4, -0.2) is 20.2 Å². The Morgan fingerprint density at radius 3 is 2.42 bits per heavy atom. The molecule has 0 atom stereocenters. The largest absolute Gasteiger partial charge is 0.424 e. The van der Waals surface area contributed by atoms with Gasteiger partial charge in [-0.3, -0.25) is 0 Å². The van der Waals surface area contributed by atoms with Crippen LogP contribution >= 0.6 is 22.7 Å². The van der Waals surface area contributed by atoms with E-state index < -0.39 is 0 Å². The van der Waals surface area contributed by atoms with Crippen LogP contribution in [0, 0.1) is 13.8 Å². The lowest BCUT2D eigenvalue weighted by atomic mass is 10.3. The topological polar surface area (TPSA) is 72.8 Å². The Hall–Kier alpha value is -2.84. The minimum absolute atomic E-state index is 0.355. The van der Waals surface area contributed by atoms with Gasteiger partial charge in [0.15, 0.2) is 5.01 Å². The SMILES string of the molecule is Cc1cc(C)nc(Oc2ccc(Nc3nnc(-c4cccs4)s3)cc2)n1. The minimum atomic E-state index is 0.355. The maximum atomic E-state index is 5.72. The summed E-state index contributed by atoms with van der Waals surface area (Å²) in [5.41, 5.74) is 2.67. The van der Waals surface area contributed by atoms with Gasteiger partial charge in [-0.25, -0.2) is 9.97 Å². The van der Waals surface area contributed by atoms with Crippen LogP contribution in [0.15, 0.2) is 47.8 Å². The number of rotatable bonds is 5. The van der Waals surface area contributed by atoms with Crippen molar-refractivity contribution in [1.29, 1.82) is 0 Å². The molecule has 1 aromatic carbocycles. The van der Waals surface area contributed by atoms with Gasteiger partial charge in [0.1, 0.15) is 5.75 Å². The zero-order valence-corrected chi connectivity index (χ0v) is 15.8. The Balaban J connectivity index is 1.44. The molecule has 0 radical (unpaired) electrons. The van der Waals surface area contributed by atoms with Gasteiger partial charge in [0, 0.05) is 17.1 Å². The molecule has 0 saturated carbocycles. The summed E-state index contributed by atoms with van der Waals surface area (Å²) in [6, 6.07) is 13.9. The van der Waals surface area contributed by atoms with Crippen molar-refractivity contribution in [2.24, 2.45) is 0 Å². The van der Waals surface area contributed by atoms with Gasteiger partial charge >= 0.3 is 6.01 Å². The van der Waals surface area contributed by atoms with Crippen LogP contribution in [-0.2, 0) is 0 Å². The standard InChI is InChI=1S/C18H15N5OS2/c1-11-10-12(2)20-17(19-11)24-14-7-5-13(6-8-14)21-18-23-22-16(26-18)15-4-3-9-25-15/h3-10H,1-2H3,(H,21,23). The maximum Gasteiger partial charge on any atom is 0.322 e. The number of hydrogen-bond acceptors (Lipinski definition) is 8. The van der Waals surface area contributed by atoms with Crippen molar-refractivity contribution in [3.05, 3.63) is 59.2 Å². The molecule has 26 heavy (non-hydrogen) atoms. The fourth-order valence-corrected chi connectivity index (χ4v) is 3.90. The monoisotopic (exact) mass is 381 g/mol. The van der Waals surface area contributed by atoms with Crippen LogP contribution in [0.2, 0.25) is 0 Å². The summed E-state index contributed by atoms with van der Waals surface area (Å²) in [5, 5.41) is 15.4. The van der Waals surface area contributed by atoms with Crippen molar-refractivity contribution in [2.75, 3.05) is 5.32 Å². The average molecular weight is 381 g/mol. The highest BCUT2D eigenvalue weighted by atomic mass is 32.1. The minimum Gasteiger partial charge on any atom is -0.424 e. The molecule has 6 nitrogen and oxygen atoms in total. The van der Waals surface area contributed by atoms with Gasteiger partial charge in [0.05, 0.1) is 4.88 Å². The first-order chi connectivity index (χ1) is 12.7. The van der Waals surface area contributed by atoms with Crippen molar-refractivity contribution in [3.63, 3.8) is 0 Å². The van der Waals surface area contributed by atoms with E-state index in [0.717, 1.165) is 32.1 Å². The van der Waals surface area contributed by atoms with E-state index in [-0.39, 0.29) is 0 Å². The van der Waals surface area contributed by atoms with E-state index in [0.29, 0.717) is 11.8 Å². The number of thiophene rings is 1. The van der Waals surface area contributed by atoms with Gasteiger partial charge in [-0.1, -0.05) is 17.4 Å². The third-order valence-corrected chi connectivity index (χ3v) is 5.31. The van der Waals surface area contributed by atoms with Crippen molar-refractivity contribution in [2.45, 2.75) is 13.8 Å². The number of nitrogens with one attached hydrogen (secondary N) is 1. The van der Waals surface area contributed by atoms with Gasteiger partial charge in [0.2, 0.25) is 5.13 Å². The molecule has 0 amide bonds. The van der Waals surface area contributed by atoms with E-state index in [9.17, 15) is 0 Å². The van der Waals surface area contributed by atoms with E-state index >= 15 is 0 Å². The molecular formula is C18H15N5OS2. The molecule has 0 saturated heterocycles. The number of ether oxygens (including phenoxy) is 1. The number of hydrogen-bond donors (Lipinski definition) is 1. The van der Waals surface area contributed by atoms with E-state index in [2.05, 4.69) is 25.5 Å². The molecule has 0 unspecified atom stereocenters. The molecule has 0 fully saturated rings. The predicted molar refractivity (Wildman–Crippen MR) is 105 cm³/mol. The fourth-order valence-electron chi connectivity index (χ4n) is 2.35. The molecule has 0 aliphatic rings. The first-order valence-electron chi connectivity index (χ1n) is 7.90. The highest BCUT2D eigenvalue weighted by molar-refractivity contribution is 7.22. The van der Waals surface area contributed by atoms with Crippen molar-refractivity contribution in [1.82, 2.24) is 20.2 Å². The van der Waals surface area contributed by atoms with Gasteiger partial charge in [-0.05, 0) is 55.6 Å². The summed E-state index contributed by atoms with van der Waals surface area (Å²) in [4.78, 5) is 9.68. The zero-order valence-electron chi connectivity index (χ0n) is 14.1. The lowest BCUT2D eigenvalue weighted by Gasteiger charge is -2.07. The van der Waals surface area contributed by atoms with Gasteiger partial charge < -0.3 is 10.1 Å². The molecule has 1 N–H and O–H groups in total. The summed E-state index contributed by atoms with van der Waals surface area (Å²) >= 11 is 3.17. The van der Waals surface area contributed by atoms with E-state index in [4.69, 9.17) is 4.74 Å². The molecule has 4 rings (SSSR count). The van der Waals surface area contributed by atoms with Crippen LogP contribution in [0.5, 0.6) is 11.8 Å². The van der Waals surface area contributed by atoms with Crippen LogP contribution in [0.25, 0.3) is 9.88 Å². The van der Waals surface area contributed by atoms with Gasteiger partial charge in [-0.2, -0.15) is 0 Å². The fraction of sp³-hybridized carbons (Fsp3) is 0.111.